The molecule has 0 spiro atoms. The zero-order chi connectivity index (χ0) is 13.9. The molecular formula is C15H15BrN4. The Bertz CT molecular complexity index is 736. The van der Waals surface area contributed by atoms with Gasteiger partial charge in [0, 0.05) is 22.8 Å². The van der Waals surface area contributed by atoms with E-state index in [0.29, 0.717) is 0 Å². The lowest BCUT2D eigenvalue weighted by molar-refractivity contribution is 0.718. The van der Waals surface area contributed by atoms with Crippen LogP contribution in [0.4, 0.5) is 0 Å². The molecule has 3 rings (SSSR count). The molecule has 0 amide bonds. The number of imidazole rings is 1. The molecular weight excluding hydrogens is 316 g/mol. The molecule has 0 aliphatic rings. The van der Waals surface area contributed by atoms with Crippen LogP contribution in [0, 0.1) is 0 Å². The average Bonchev–Trinajstić information content (AvgIpc) is 2.89. The van der Waals surface area contributed by atoms with Crippen molar-refractivity contribution >= 4 is 27.0 Å². The Morgan fingerprint density at radius 2 is 2.10 bits per heavy atom. The Labute approximate surface area is 126 Å². The molecule has 0 bridgehead atoms. The lowest BCUT2D eigenvalue weighted by Gasteiger charge is -2.11. The summed E-state index contributed by atoms with van der Waals surface area (Å²) in [5, 5.41) is 3.35. The summed E-state index contributed by atoms with van der Waals surface area (Å²) in [6, 6.07) is 10.2. The average molecular weight is 331 g/mol. The maximum atomic E-state index is 4.56. The predicted octanol–water partition coefficient (Wildman–Crippen LogP) is 3.29. The van der Waals surface area contributed by atoms with E-state index < -0.39 is 0 Å². The van der Waals surface area contributed by atoms with Gasteiger partial charge in [-0.15, -0.1) is 0 Å². The van der Waals surface area contributed by atoms with Crippen molar-refractivity contribution < 1.29 is 0 Å². The van der Waals surface area contributed by atoms with E-state index in [1.54, 1.807) is 0 Å². The van der Waals surface area contributed by atoms with Gasteiger partial charge in [0.15, 0.2) is 0 Å². The third kappa shape index (κ3) is 2.46. The standard InChI is InChI=1S/C15H15BrN4/c1-2-17-8-11-7-12(16)9-18-15(11)20-10-19-13-5-3-4-6-14(13)20/h3-7,9-10,17H,2,8H2,1H3. The SMILES string of the molecule is CCNCc1cc(Br)cnc1-n1cnc2ccccc21. The van der Waals surface area contributed by atoms with Crippen LogP contribution in [0.25, 0.3) is 16.9 Å². The molecule has 0 radical (unpaired) electrons. The molecule has 0 atom stereocenters. The molecule has 0 saturated heterocycles. The predicted molar refractivity (Wildman–Crippen MR) is 83.9 cm³/mol. The first-order valence-corrected chi connectivity index (χ1v) is 7.36. The first-order valence-electron chi connectivity index (χ1n) is 6.57. The number of nitrogens with zero attached hydrogens (tertiary/aromatic N) is 3. The molecule has 20 heavy (non-hydrogen) atoms. The van der Waals surface area contributed by atoms with E-state index in [-0.39, 0.29) is 0 Å². The second-order valence-corrected chi connectivity index (χ2v) is 5.44. The van der Waals surface area contributed by atoms with Crippen LogP contribution in [0.3, 0.4) is 0 Å². The maximum absolute atomic E-state index is 4.56. The molecule has 1 aromatic carbocycles. The molecule has 2 aromatic heterocycles. The van der Waals surface area contributed by atoms with Gasteiger partial charge in [-0.2, -0.15) is 0 Å². The van der Waals surface area contributed by atoms with Gasteiger partial charge in [0.1, 0.15) is 12.1 Å². The Morgan fingerprint density at radius 1 is 1.25 bits per heavy atom. The van der Waals surface area contributed by atoms with Crippen LogP contribution >= 0.6 is 15.9 Å². The monoisotopic (exact) mass is 330 g/mol. The van der Waals surface area contributed by atoms with E-state index in [1.165, 1.54) is 0 Å². The summed E-state index contributed by atoms with van der Waals surface area (Å²) in [5.74, 6) is 0.919. The van der Waals surface area contributed by atoms with Crippen LogP contribution in [0.2, 0.25) is 0 Å². The fourth-order valence-corrected chi connectivity index (χ4v) is 2.59. The van der Waals surface area contributed by atoms with Crippen LogP contribution in [0.5, 0.6) is 0 Å². The van der Waals surface area contributed by atoms with Gasteiger partial charge in [-0.1, -0.05) is 19.1 Å². The quantitative estimate of drug-likeness (QED) is 0.798. The smallest absolute Gasteiger partial charge is 0.142 e. The van der Waals surface area contributed by atoms with Crippen molar-refractivity contribution in [1.29, 1.82) is 0 Å². The number of rotatable bonds is 4. The lowest BCUT2D eigenvalue weighted by Crippen LogP contribution is -2.14. The van der Waals surface area contributed by atoms with E-state index in [4.69, 9.17) is 0 Å². The molecule has 5 heteroatoms. The largest absolute Gasteiger partial charge is 0.313 e. The number of aromatic nitrogens is 3. The number of hydrogen-bond donors (Lipinski definition) is 1. The first kappa shape index (κ1) is 13.3. The molecule has 4 nitrogen and oxygen atoms in total. The Hall–Kier alpha value is -1.72. The number of pyridine rings is 1. The number of halogens is 1. The molecule has 0 aliphatic heterocycles. The van der Waals surface area contributed by atoms with Gasteiger partial charge in [0.2, 0.25) is 0 Å². The van der Waals surface area contributed by atoms with Crippen molar-refractivity contribution in [1.82, 2.24) is 19.9 Å². The van der Waals surface area contributed by atoms with Crippen LogP contribution < -0.4 is 5.32 Å². The number of para-hydroxylation sites is 2. The lowest BCUT2D eigenvalue weighted by atomic mass is 10.2. The minimum absolute atomic E-state index is 0.783. The zero-order valence-electron chi connectivity index (χ0n) is 11.2. The number of benzene rings is 1. The molecule has 0 aliphatic carbocycles. The van der Waals surface area contributed by atoms with E-state index in [9.17, 15) is 0 Å². The molecule has 0 fully saturated rings. The van der Waals surface area contributed by atoms with Crippen molar-refractivity contribution in [3.8, 4) is 5.82 Å². The highest BCUT2D eigenvalue weighted by atomic mass is 79.9. The molecule has 102 valence electrons. The zero-order valence-corrected chi connectivity index (χ0v) is 12.8. The molecule has 1 N–H and O–H groups in total. The minimum atomic E-state index is 0.783. The highest BCUT2D eigenvalue weighted by Crippen LogP contribution is 2.21. The van der Waals surface area contributed by atoms with Crippen molar-refractivity contribution in [3.05, 3.63) is 52.9 Å². The number of hydrogen-bond acceptors (Lipinski definition) is 3. The Balaban J connectivity index is 2.13. The third-order valence-electron chi connectivity index (χ3n) is 3.16. The molecule has 2 heterocycles. The topological polar surface area (TPSA) is 42.7 Å². The van der Waals surface area contributed by atoms with Crippen LogP contribution in [0.15, 0.2) is 47.3 Å². The highest BCUT2D eigenvalue weighted by Gasteiger charge is 2.10. The van der Waals surface area contributed by atoms with Gasteiger partial charge in [0.05, 0.1) is 11.0 Å². The second kappa shape index (κ2) is 5.73. The summed E-state index contributed by atoms with van der Waals surface area (Å²) in [6.45, 7) is 3.80. The highest BCUT2D eigenvalue weighted by molar-refractivity contribution is 9.10. The van der Waals surface area contributed by atoms with Gasteiger partial charge in [0.25, 0.3) is 0 Å². The summed E-state index contributed by atoms with van der Waals surface area (Å²) in [4.78, 5) is 8.99. The number of fused-ring (bicyclic) bond motifs is 1. The van der Waals surface area contributed by atoms with Crippen molar-refractivity contribution in [2.24, 2.45) is 0 Å². The van der Waals surface area contributed by atoms with Gasteiger partial charge < -0.3 is 5.32 Å². The maximum Gasteiger partial charge on any atom is 0.142 e. The van der Waals surface area contributed by atoms with E-state index in [1.807, 2.05) is 35.3 Å². The van der Waals surface area contributed by atoms with Gasteiger partial charge in [-0.05, 0) is 40.7 Å². The van der Waals surface area contributed by atoms with Crippen LogP contribution in [0.1, 0.15) is 12.5 Å². The first-order chi connectivity index (χ1) is 9.79. The normalized spacial score (nSPS) is 11.1. The fraction of sp³-hybridized carbons (Fsp3) is 0.200. The van der Waals surface area contributed by atoms with E-state index >= 15 is 0 Å². The van der Waals surface area contributed by atoms with Gasteiger partial charge >= 0.3 is 0 Å². The van der Waals surface area contributed by atoms with Gasteiger partial charge in [-0.3, -0.25) is 4.57 Å². The van der Waals surface area contributed by atoms with Crippen molar-refractivity contribution in [3.63, 3.8) is 0 Å². The third-order valence-corrected chi connectivity index (χ3v) is 3.59. The second-order valence-electron chi connectivity index (χ2n) is 4.52. The Morgan fingerprint density at radius 3 is 2.95 bits per heavy atom. The molecule has 0 saturated carbocycles. The van der Waals surface area contributed by atoms with Gasteiger partial charge in [-0.25, -0.2) is 9.97 Å². The summed E-state index contributed by atoms with van der Waals surface area (Å²) >= 11 is 3.49. The fourth-order valence-electron chi connectivity index (χ4n) is 2.21. The van der Waals surface area contributed by atoms with Crippen LogP contribution in [-0.4, -0.2) is 21.1 Å². The Kier molecular flexibility index (Phi) is 3.80. The molecule has 0 unspecified atom stereocenters. The van der Waals surface area contributed by atoms with E-state index in [0.717, 1.165) is 40.0 Å². The van der Waals surface area contributed by atoms with Crippen LogP contribution in [-0.2, 0) is 6.54 Å². The number of nitrogens with one attached hydrogen (secondary N) is 1. The summed E-state index contributed by atoms with van der Waals surface area (Å²) in [7, 11) is 0. The summed E-state index contributed by atoms with van der Waals surface area (Å²) < 4.78 is 3.02. The van der Waals surface area contributed by atoms with Crippen molar-refractivity contribution in [2.75, 3.05) is 6.54 Å². The molecule has 3 aromatic rings. The van der Waals surface area contributed by atoms with E-state index in [2.05, 4.69) is 50.3 Å². The summed E-state index contributed by atoms with van der Waals surface area (Å²) in [6.07, 6.45) is 3.65. The minimum Gasteiger partial charge on any atom is -0.313 e. The van der Waals surface area contributed by atoms with Crippen molar-refractivity contribution in [2.45, 2.75) is 13.5 Å². The summed E-state index contributed by atoms with van der Waals surface area (Å²) in [5.41, 5.74) is 3.19.